The van der Waals surface area contributed by atoms with E-state index < -0.39 is 0 Å². The number of carbonyl (C=O) groups is 1. The summed E-state index contributed by atoms with van der Waals surface area (Å²) in [4.78, 5) is 15.8. The van der Waals surface area contributed by atoms with Gasteiger partial charge in [0.05, 0.1) is 5.56 Å². The van der Waals surface area contributed by atoms with Gasteiger partial charge in [-0.2, -0.15) is 0 Å². The van der Waals surface area contributed by atoms with Gasteiger partial charge in [0.15, 0.2) is 0 Å². The highest BCUT2D eigenvalue weighted by Crippen LogP contribution is 2.04. The number of pyridine rings is 1. The molecule has 82 valence electrons. The van der Waals surface area contributed by atoms with E-state index in [2.05, 4.69) is 10.3 Å². The van der Waals surface area contributed by atoms with E-state index in [1.54, 1.807) is 18.3 Å². The lowest BCUT2D eigenvalue weighted by molar-refractivity contribution is 0.0938. The van der Waals surface area contributed by atoms with E-state index in [0.717, 1.165) is 12.1 Å². The quantitative estimate of drug-likeness (QED) is 0.800. The van der Waals surface area contributed by atoms with E-state index in [1.165, 1.54) is 0 Å². The third-order valence-electron chi connectivity index (χ3n) is 2.17. The molecular formula is C11H15ClN2O. The van der Waals surface area contributed by atoms with Crippen LogP contribution in [-0.4, -0.2) is 22.8 Å². The van der Waals surface area contributed by atoms with Crippen molar-refractivity contribution in [2.24, 2.45) is 0 Å². The molecule has 1 amide bonds. The van der Waals surface area contributed by atoms with Crippen molar-refractivity contribution in [2.75, 3.05) is 5.88 Å². The van der Waals surface area contributed by atoms with Gasteiger partial charge in [-0.15, -0.1) is 11.6 Å². The van der Waals surface area contributed by atoms with Crippen LogP contribution in [0.4, 0.5) is 0 Å². The summed E-state index contributed by atoms with van der Waals surface area (Å²) in [6.07, 6.45) is 2.45. The molecule has 1 atom stereocenters. The zero-order chi connectivity index (χ0) is 11.3. The number of carbonyl (C=O) groups excluding carboxylic acids is 1. The molecule has 1 unspecified atom stereocenters. The number of amides is 1. The Labute approximate surface area is 94.9 Å². The Morgan fingerprint density at radius 2 is 2.40 bits per heavy atom. The van der Waals surface area contributed by atoms with Gasteiger partial charge in [-0.05, 0) is 32.4 Å². The summed E-state index contributed by atoms with van der Waals surface area (Å²) in [6.45, 7) is 3.76. The van der Waals surface area contributed by atoms with Gasteiger partial charge in [0.25, 0.3) is 5.91 Å². The van der Waals surface area contributed by atoms with Crippen molar-refractivity contribution in [2.45, 2.75) is 26.3 Å². The molecule has 3 nitrogen and oxygen atoms in total. The molecule has 1 rings (SSSR count). The highest BCUT2D eigenvalue weighted by molar-refractivity contribution is 6.17. The molecule has 0 aliphatic carbocycles. The van der Waals surface area contributed by atoms with Crippen molar-refractivity contribution in [1.29, 1.82) is 0 Å². The normalized spacial score (nSPS) is 12.2. The summed E-state index contributed by atoms with van der Waals surface area (Å²) >= 11 is 5.59. The van der Waals surface area contributed by atoms with Crippen LogP contribution >= 0.6 is 11.6 Å². The maximum absolute atomic E-state index is 11.8. The van der Waals surface area contributed by atoms with Crippen LogP contribution in [0.25, 0.3) is 0 Å². The SMILES string of the molecule is Cc1ncccc1C(=O)NC(C)CCCl. The van der Waals surface area contributed by atoms with E-state index in [0.29, 0.717) is 11.4 Å². The van der Waals surface area contributed by atoms with Gasteiger partial charge in [-0.1, -0.05) is 0 Å². The third-order valence-corrected chi connectivity index (χ3v) is 2.39. The minimum atomic E-state index is -0.0850. The number of nitrogens with zero attached hydrogens (tertiary/aromatic N) is 1. The van der Waals surface area contributed by atoms with Gasteiger partial charge in [0.1, 0.15) is 0 Å². The Balaban J connectivity index is 2.65. The molecule has 0 aliphatic heterocycles. The average molecular weight is 227 g/mol. The van der Waals surface area contributed by atoms with Crippen LogP contribution in [0.2, 0.25) is 0 Å². The number of rotatable bonds is 4. The van der Waals surface area contributed by atoms with Gasteiger partial charge in [-0.25, -0.2) is 0 Å². The molecule has 0 aromatic carbocycles. The molecule has 4 heteroatoms. The second-order valence-electron chi connectivity index (χ2n) is 3.49. The molecule has 0 aliphatic rings. The van der Waals surface area contributed by atoms with Crippen molar-refractivity contribution in [3.63, 3.8) is 0 Å². The maximum atomic E-state index is 11.8. The predicted octanol–water partition coefficient (Wildman–Crippen LogP) is 2.14. The summed E-state index contributed by atoms with van der Waals surface area (Å²) in [7, 11) is 0. The van der Waals surface area contributed by atoms with Crippen molar-refractivity contribution < 1.29 is 4.79 Å². The highest BCUT2D eigenvalue weighted by Gasteiger charge is 2.11. The van der Waals surface area contributed by atoms with E-state index in [9.17, 15) is 4.79 Å². The summed E-state index contributed by atoms with van der Waals surface area (Å²) < 4.78 is 0. The smallest absolute Gasteiger partial charge is 0.253 e. The first-order valence-electron chi connectivity index (χ1n) is 4.93. The lowest BCUT2D eigenvalue weighted by Crippen LogP contribution is -2.33. The molecule has 0 fully saturated rings. The van der Waals surface area contributed by atoms with Gasteiger partial charge < -0.3 is 5.32 Å². The number of aryl methyl sites for hydroxylation is 1. The van der Waals surface area contributed by atoms with E-state index in [4.69, 9.17) is 11.6 Å². The van der Waals surface area contributed by atoms with E-state index in [1.807, 2.05) is 13.8 Å². The van der Waals surface area contributed by atoms with Crippen LogP contribution in [0.15, 0.2) is 18.3 Å². The fourth-order valence-corrected chi connectivity index (χ4v) is 1.59. The van der Waals surface area contributed by atoms with Gasteiger partial charge in [0.2, 0.25) is 0 Å². The number of alkyl halides is 1. The molecule has 1 N–H and O–H groups in total. The van der Waals surface area contributed by atoms with Gasteiger partial charge >= 0.3 is 0 Å². The Kier molecular flexibility index (Phi) is 4.56. The Morgan fingerprint density at radius 3 is 3.00 bits per heavy atom. The second-order valence-corrected chi connectivity index (χ2v) is 3.87. The van der Waals surface area contributed by atoms with E-state index in [-0.39, 0.29) is 11.9 Å². The average Bonchev–Trinajstić information content (AvgIpc) is 2.18. The first-order chi connectivity index (χ1) is 7.15. The summed E-state index contributed by atoms with van der Waals surface area (Å²) in [5.74, 6) is 0.464. The maximum Gasteiger partial charge on any atom is 0.253 e. The first kappa shape index (κ1) is 12.0. The van der Waals surface area contributed by atoms with Crippen molar-refractivity contribution >= 4 is 17.5 Å². The largest absolute Gasteiger partial charge is 0.349 e. The zero-order valence-electron chi connectivity index (χ0n) is 8.96. The second kappa shape index (κ2) is 5.71. The van der Waals surface area contributed by atoms with Crippen LogP contribution in [0.1, 0.15) is 29.4 Å². The first-order valence-corrected chi connectivity index (χ1v) is 5.47. The molecule has 0 spiro atoms. The molecule has 0 bridgehead atoms. The van der Waals surface area contributed by atoms with Crippen molar-refractivity contribution in [3.8, 4) is 0 Å². The summed E-state index contributed by atoms with van der Waals surface area (Å²) in [5.41, 5.74) is 1.37. The number of hydrogen-bond donors (Lipinski definition) is 1. The van der Waals surface area contributed by atoms with E-state index >= 15 is 0 Å². The van der Waals surface area contributed by atoms with Gasteiger partial charge in [0, 0.05) is 23.8 Å². The standard InChI is InChI=1S/C11H15ClN2O/c1-8(5-6-12)14-11(15)10-4-3-7-13-9(10)2/h3-4,7-8H,5-6H2,1-2H3,(H,14,15). The lowest BCUT2D eigenvalue weighted by Gasteiger charge is -2.12. The summed E-state index contributed by atoms with van der Waals surface area (Å²) in [6, 6.07) is 3.62. The molecule has 15 heavy (non-hydrogen) atoms. The van der Waals surface area contributed by atoms with Crippen LogP contribution in [0.5, 0.6) is 0 Å². The topological polar surface area (TPSA) is 42.0 Å². The van der Waals surface area contributed by atoms with Crippen LogP contribution < -0.4 is 5.32 Å². The number of hydrogen-bond acceptors (Lipinski definition) is 2. The molecular weight excluding hydrogens is 212 g/mol. The zero-order valence-corrected chi connectivity index (χ0v) is 9.71. The summed E-state index contributed by atoms with van der Waals surface area (Å²) in [5, 5.41) is 2.87. The number of nitrogens with one attached hydrogen (secondary N) is 1. The molecule has 0 saturated carbocycles. The van der Waals surface area contributed by atoms with Crippen LogP contribution in [-0.2, 0) is 0 Å². The number of aromatic nitrogens is 1. The molecule has 1 aromatic heterocycles. The lowest BCUT2D eigenvalue weighted by atomic mass is 10.1. The Morgan fingerprint density at radius 1 is 1.67 bits per heavy atom. The van der Waals surface area contributed by atoms with Crippen LogP contribution in [0.3, 0.4) is 0 Å². The fraction of sp³-hybridized carbons (Fsp3) is 0.455. The minimum Gasteiger partial charge on any atom is -0.349 e. The van der Waals surface area contributed by atoms with Crippen molar-refractivity contribution in [1.82, 2.24) is 10.3 Å². The monoisotopic (exact) mass is 226 g/mol. The minimum absolute atomic E-state index is 0.0850. The molecule has 1 aromatic rings. The third kappa shape index (κ3) is 3.51. The fourth-order valence-electron chi connectivity index (χ4n) is 1.26. The predicted molar refractivity (Wildman–Crippen MR) is 61.2 cm³/mol. The number of halogens is 1. The Bertz CT molecular complexity index is 341. The Hall–Kier alpha value is -1.09. The highest BCUT2D eigenvalue weighted by atomic mass is 35.5. The van der Waals surface area contributed by atoms with Gasteiger partial charge in [-0.3, -0.25) is 9.78 Å². The van der Waals surface area contributed by atoms with Crippen molar-refractivity contribution in [3.05, 3.63) is 29.6 Å². The van der Waals surface area contributed by atoms with Crippen LogP contribution in [0, 0.1) is 6.92 Å². The molecule has 0 saturated heterocycles. The molecule has 1 heterocycles. The molecule has 0 radical (unpaired) electrons.